The lowest BCUT2D eigenvalue weighted by molar-refractivity contribution is 0.349. The van der Waals surface area contributed by atoms with Gasteiger partial charge in [0.05, 0.1) is 0 Å². The Balaban J connectivity index is 2.69. The molecule has 0 saturated heterocycles. The van der Waals surface area contributed by atoms with E-state index < -0.39 is 0 Å². The van der Waals surface area contributed by atoms with E-state index in [0.29, 0.717) is 5.41 Å². The van der Waals surface area contributed by atoms with E-state index in [9.17, 15) is 0 Å². The molecule has 0 fully saturated rings. The highest BCUT2D eigenvalue weighted by molar-refractivity contribution is 6.32. The van der Waals surface area contributed by atoms with E-state index in [4.69, 9.17) is 0 Å². The van der Waals surface area contributed by atoms with Crippen molar-refractivity contribution in [1.29, 1.82) is 0 Å². The smallest absolute Gasteiger partial charge is 0.0889 e. The van der Waals surface area contributed by atoms with Crippen LogP contribution in [-0.4, -0.2) is 7.85 Å². The summed E-state index contributed by atoms with van der Waals surface area (Å²) < 4.78 is 0. The highest BCUT2D eigenvalue weighted by Crippen LogP contribution is 2.24. The monoisotopic (exact) mass is 174 g/mol. The molecule has 0 saturated carbocycles. The van der Waals surface area contributed by atoms with E-state index in [1.165, 1.54) is 23.9 Å². The van der Waals surface area contributed by atoms with Crippen molar-refractivity contribution < 1.29 is 0 Å². The molecule has 0 aliphatic carbocycles. The van der Waals surface area contributed by atoms with Crippen LogP contribution in [0.4, 0.5) is 0 Å². The molecule has 0 N–H and O–H groups in total. The summed E-state index contributed by atoms with van der Waals surface area (Å²) in [6.45, 7) is 6.91. The molecule has 1 heteroatoms. The van der Waals surface area contributed by atoms with Crippen molar-refractivity contribution in [2.45, 2.75) is 33.6 Å². The minimum absolute atomic E-state index is 0.440. The molecule has 0 aromatic heterocycles. The van der Waals surface area contributed by atoms with E-state index in [0.717, 1.165) is 0 Å². The zero-order valence-corrected chi connectivity index (χ0v) is 9.22. The Bertz CT molecular complexity index is 259. The summed E-state index contributed by atoms with van der Waals surface area (Å²) in [6.07, 6.45) is 2.42. The van der Waals surface area contributed by atoms with Gasteiger partial charge in [0.2, 0.25) is 0 Å². The first kappa shape index (κ1) is 10.4. The van der Waals surface area contributed by atoms with Crippen LogP contribution in [-0.2, 0) is 6.42 Å². The summed E-state index contributed by atoms with van der Waals surface area (Å²) in [4.78, 5) is 0. The molecular weight excluding hydrogens is 155 g/mol. The maximum absolute atomic E-state index is 2.33. The Morgan fingerprint density at radius 2 is 1.69 bits per heavy atom. The third-order valence-corrected chi connectivity index (χ3v) is 2.76. The molecule has 13 heavy (non-hydrogen) atoms. The van der Waals surface area contributed by atoms with Gasteiger partial charge in [-0.1, -0.05) is 56.9 Å². The SMILES string of the molecule is Bc1ccc(CC(C)(C)CC)cc1. The van der Waals surface area contributed by atoms with E-state index >= 15 is 0 Å². The predicted molar refractivity (Wildman–Crippen MR) is 62.4 cm³/mol. The summed E-state index contributed by atoms with van der Waals surface area (Å²) >= 11 is 0. The van der Waals surface area contributed by atoms with Gasteiger partial charge in [-0.05, 0) is 17.4 Å². The minimum atomic E-state index is 0.440. The summed E-state index contributed by atoms with van der Waals surface area (Å²) in [5.41, 5.74) is 3.24. The largest absolute Gasteiger partial charge is 0.139 e. The van der Waals surface area contributed by atoms with Gasteiger partial charge in [0, 0.05) is 0 Å². The highest BCUT2D eigenvalue weighted by atomic mass is 14.2. The standard InChI is InChI=1S/C12H19B/c1-4-12(2,3)9-10-5-7-11(13)8-6-10/h5-8H,4,9,13H2,1-3H3. The molecule has 0 spiro atoms. The Hall–Kier alpha value is -0.715. The maximum atomic E-state index is 2.33. The van der Waals surface area contributed by atoms with Gasteiger partial charge in [-0.25, -0.2) is 0 Å². The fraction of sp³-hybridized carbons (Fsp3) is 0.500. The first-order valence-corrected chi connectivity index (χ1v) is 5.09. The van der Waals surface area contributed by atoms with Crippen molar-refractivity contribution in [2.24, 2.45) is 5.41 Å². The molecule has 1 aromatic rings. The molecular formula is C12H19B. The van der Waals surface area contributed by atoms with Gasteiger partial charge in [-0.15, -0.1) is 0 Å². The van der Waals surface area contributed by atoms with Crippen LogP contribution in [0.1, 0.15) is 32.8 Å². The Morgan fingerprint density at radius 1 is 1.15 bits per heavy atom. The van der Waals surface area contributed by atoms with Crippen LogP contribution in [0, 0.1) is 5.41 Å². The number of hydrogen-bond donors (Lipinski definition) is 0. The topological polar surface area (TPSA) is 0 Å². The van der Waals surface area contributed by atoms with E-state index in [2.05, 4.69) is 52.9 Å². The number of benzene rings is 1. The average molecular weight is 174 g/mol. The molecule has 0 bridgehead atoms. The Labute approximate surface area is 82.8 Å². The third-order valence-electron chi connectivity index (χ3n) is 2.76. The third kappa shape index (κ3) is 3.26. The van der Waals surface area contributed by atoms with Crippen LogP contribution in [0.3, 0.4) is 0 Å². The van der Waals surface area contributed by atoms with Crippen LogP contribution < -0.4 is 5.46 Å². The molecule has 1 rings (SSSR count). The zero-order valence-electron chi connectivity index (χ0n) is 9.22. The van der Waals surface area contributed by atoms with Crippen LogP contribution in [0.5, 0.6) is 0 Å². The summed E-state index contributed by atoms with van der Waals surface area (Å²) in [5.74, 6) is 0. The van der Waals surface area contributed by atoms with Gasteiger partial charge in [0.25, 0.3) is 0 Å². The maximum Gasteiger partial charge on any atom is 0.139 e. The molecule has 70 valence electrons. The van der Waals surface area contributed by atoms with Crippen LogP contribution in [0.15, 0.2) is 24.3 Å². The quantitative estimate of drug-likeness (QED) is 0.614. The fourth-order valence-corrected chi connectivity index (χ4v) is 1.38. The van der Waals surface area contributed by atoms with Gasteiger partial charge in [-0.2, -0.15) is 0 Å². The Kier molecular flexibility index (Phi) is 3.19. The van der Waals surface area contributed by atoms with E-state index in [1.54, 1.807) is 0 Å². The van der Waals surface area contributed by atoms with Crippen molar-refractivity contribution in [3.63, 3.8) is 0 Å². The normalized spacial score (nSPS) is 11.6. The zero-order chi connectivity index (χ0) is 9.90. The second-order valence-corrected chi connectivity index (χ2v) is 4.68. The molecule has 0 amide bonds. The molecule has 0 aliphatic rings. The summed E-state index contributed by atoms with van der Waals surface area (Å²) in [6, 6.07) is 8.88. The lowest BCUT2D eigenvalue weighted by Gasteiger charge is -2.22. The molecule has 0 nitrogen and oxygen atoms in total. The highest BCUT2D eigenvalue weighted by Gasteiger charge is 2.15. The second kappa shape index (κ2) is 4.00. The van der Waals surface area contributed by atoms with Crippen molar-refractivity contribution in [3.8, 4) is 0 Å². The average Bonchev–Trinajstić information content (AvgIpc) is 2.09. The first-order valence-electron chi connectivity index (χ1n) is 5.09. The van der Waals surface area contributed by atoms with Crippen molar-refractivity contribution >= 4 is 13.3 Å². The van der Waals surface area contributed by atoms with Crippen molar-refractivity contribution in [3.05, 3.63) is 29.8 Å². The van der Waals surface area contributed by atoms with Crippen molar-refractivity contribution in [1.82, 2.24) is 0 Å². The lowest BCUT2D eigenvalue weighted by Crippen LogP contribution is -2.14. The lowest BCUT2D eigenvalue weighted by atomic mass is 9.82. The van der Waals surface area contributed by atoms with Gasteiger partial charge < -0.3 is 0 Å². The van der Waals surface area contributed by atoms with Gasteiger partial charge in [-0.3, -0.25) is 0 Å². The molecule has 0 aliphatic heterocycles. The number of hydrogen-bond acceptors (Lipinski definition) is 0. The molecule has 1 aromatic carbocycles. The molecule has 0 unspecified atom stereocenters. The van der Waals surface area contributed by atoms with Crippen LogP contribution in [0.25, 0.3) is 0 Å². The summed E-state index contributed by atoms with van der Waals surface area (Å²) in [5, 5.41) is 0. The number of rotatable bonds is 3. The molecule has 0 heterocycles. The van der Waals surface area contributed by atoms with Gasteiger partial charge in [0.15, 0.2) is 0 Å². The second-order valence-electron chi connectivity index (χ2n) is 4.68. The van der Waals surface area contributed by atoms with Crippen LogP contribution >= 0.6 is 0 Å². The van der Waals surface area contributed by atoms with Gasteiger partial charge >= 0.3 is 0 Å². The first-order chi connectivity index (χ1) is 6.03. The minimum Gasteiger partial charge on any atom is -0.0889 e. The molecule has 0 atom stereocenters. The predicted octanol–water partition coefficient (Wildman–Crippen LogP) is 1.92. The van der Waals surface area contributed by atoms with Crippen LogP contribution in [0.2, 0.25) is 0 Å². The van der Waals surface area contributed by atoms with Crippen molar-refractivity contribution in [2.75, 3.05) is 0 Å². The van der Waals surface area contributed by atoms with E-state index in [-0.39, 0.29) is 0 Å². The molecule has 0 radical (unpaired) electrons. The van der Waals surface area contributed by atoms with Gasteiger partial charge in [0.1, 0.15) is 7.85 Å². The van der Waals surface area contributed by atoms with E-state index in [1.807, 2.05) is 0 Å². The summed E-state index contributed by atoms with van der Waals surface area (Å²) in [7, 11) is 2.13. The fourth-order valence-electron chi connectivity index (χ4n) is 1.38. The Morgan fingerprint density at radius 3 is 2.15 bits per heavy atom.